The molecule has 2 aromatic rings. The number of hydrogen-bond acceptors (Lipinski definition) is 6. The first-order valence-corrected chi connectivity index (χ1v) is 10.5. The molecular formula is C22H32N4O4. The number of non-ortho nitro benzene ring substituents is 2. The molecule has 0 amide bonds. The molecule has 0 spiro atoms. The number of nitro benzene ring substituents is 2. The van der Waals surface area contributed by atoms with E-state index in [0.29, 0.717) is 5.92 Å². The van der Waals surface area contributed by atoms with Crippen molar-refractivity contribution in [1.29, 1.82) is 0 Å². The van der Waals surface area contributed by atoms with E-state index < -0.39 is 4.92 Å². The van der Waals surface area contributed by atoms with Crippen molar-refractivity contribution in [2.75, 3.05) is 29.9 Å². The van der Waals surface area contributed by atoms with E-state index in [2.05, 4.69) is 10.2 Å². The maximum absolute atomic E-state index is 10.7. The Morgan fingerprint density at radius 3 is 1.70 bits per heavy atom. The number of benzene rings is 2. The molecule has 0 unspecified atom stereocenters. The third kappa shape index (κ3) is 7.35. The van der Waals surface area contributed by atoms with Gasteiger partial charge in [0, 0.05) is 55.3 Å². The van der Waals surface area contributed by atoms with Crippen LogP contribution in [0.25, 0.3) is 0 Å². The Bertz CT molecular complexity index is 771. The highest BCUT2D eigenvalue weighted by molar-refractivity contribution is 5.51. The Hall–Kier alpha value is -3.16. The summed E-state index contributed by atoms with van der Waals surface area (Å²) >= 11 is 0. The summed E-state index contributed by atoms with van der Waals surface area (Å²) < 4.78 is 0. The third-order valence-electron chi connectivity index (χ3n) is 4.71. The van der Waals surface area contributed by atoms with E-state index in [-0.39, 0.29) is 16.3 Å². The molecule has 1 heterocycles. The van der Waals surface area contributed by atoms with E-state index >= 15 is 0 Å². The zero-order chi connectivity index (χ0) is 22.5. The second kappa shape index (κ2) is 13.1. The summed E-state index contributed by atoms with van der Waals surface area (Å²) in [4.78, 5) is 22.8. The Labute approximate surface area is 178 Å². The van der Waals surface area contributed by atoms with Gasteiger partial charge in [0.1, 0.15) is 0 Å². The smallest absolute Gasteiger partial charge is 0.269 e. The monoisotopic (exact) mass is 416 g/mol. The van der Waals surface area contributed by atoms with Crippen LogP contribution in [0.1, 0.15) is 40.5 Å². The molecular weight excluding hydrogens is 384 g/mol. The van der Waals surface area contributed by atoms with Crippen molar-refractivity contribution in [3.8, 4) is 0 Å². The first kappa shape index (κ1) is 24.9. The first-order chi connectivity index (χ1) is 14.5. The van der Waals surface area contributed by atoms with Crippen LogP contribution in [0.15, 0.2) is 48.5 Å². The number of hydrogen-bond donors (Lipinski definition) is 1. The molecule has 8 heteroatoms. The van der Waals surface area contributed by atoms with Gasteiger partial charge in [-0.05, 0) is 43.0 Å². The molecule has 1 saturated heterocycles. The maximum atomic E-state index is 10.7. The first-order valence-electron chi connectivity index (χ1n) is 10.5. The molecule has 1 aliphatic rings. The molecule has 1 N–H and O–H groups in total. The normalized spacial score (nSPS) is 13.3. The van der Waals surface area contributed by atoms with Crippen molar-refractivity contribution in [3.63, 3.8) is 0 Å². The van der Waals surface area contributed by atoms with Gasteiger partial charge in [-0.25, -0.2) is 0 Å². The topological polar surface area (TPSA) is 102 Å². The molecule has 0 aliphatic carbocycles. The minimum absolute atomic E-state index is 0.0898. The molecule has 0 bridgehead atoms. The maximum Gasteiger partial charge on any atom is 0.269 e. The SMILES string of the molecule is CC.CC.O=[N+]([O-])c1ccc(NCC2CCN(c3ccc([N+](=O)[O-])cc3)CC2)cc1. The lowest BCUT2D eigenvalue weighted by atomic mass is 9.96. The zero-order valence-corrected chi connectivity index (χ0v) is 18.2. The van der Waals surface area contributed by atoms with E-state index in [1.165, 1.54) is 24.3 Å². The third-order valence-corrected chi connectivity index (χ3v) is 4.71. The lowest BCUT2D eigenvalue weighted by Crippen LogP contribution is -2.35. The molecule has 1 fully saturated rings. The molecule has 0 radical (unpaired) electrons. The average molecular weight is 417 g/mol. The van der Waals surface area contributed by atoms with Crippen LogP contribution in [0.4, 0.5) is 22.7 Å². The largest absolute Gasteiger partial charge is 0.385 e. The van der Waals surface area contributed by atoms with Crippen LogP contribution in [-0.2, 0) is 0 Å². The summed E-state index contributed by atoms with van der Waals surface area (Å²) in [6.45, 7) is 10.6. The van der Waals surface area contributed by atoms with Gasteiger partial charge >= 0.3 is 0 Å². The number of anilines is 2. The van der Waals surface area contributed by atoms with Gasteiger partial charge in [-0.1, -0.05) is 27.7 Å². The standard InChI is InChI=1S/C18H20N4O4.2C2H6/c23-21(24)17-3-1-15(2-4-17)19-13-14-9-11-20(12-10-14)16-5-7-18(8-6-16)22(25)26;2*1-2/h1-8,14,19H,9-13H2;2*1-2H3. The second-order valence-electron chi connectivity index (χ2n) is 6.39. The molecule has 3 rings (SSSR count). The summed E-state index contributed by atoms with van der Waals surface area (Å²) in [6, 6.07) is 13.1. The number of nitrogens with zero attached hydrogens (tertiary/aromatic N) is 3. The lowest BCUT2D eigenvalue weighted by molar-refractivity contribution is -0.385. The highest BCUT2D eigenvalue weighted by Crippen LogP contribution is 2.25. The summed E-state index contributed by atoms with van der Waals surface area (Å²) in [6.07, 6.45) is 2.05. The molecule has 8 nitrogen and oxygen atoms in total. The predicted molar refractivity (Wildman–Crippen MR) is 122 cm³/mol. The van der Waals surface area contributed by atoms with Crippen LogP contribution in [0.2, 0.25) is 0 Å². The van der Waals surface area contributed by atoms with Crippen LogP contribution in [0.5, 0.6) is 0 Å². The van der Waals surface area contributed by atoms with Crippen LogP contribution in [-0.4, -0.2) is 29.5 Å². The van der Waals surface area contributed by atoms with E-state index in [0.717, 1.165) is 43.9 Å². The minimum Gasteiger partial charge on any atom is -0.385 e. The Kier molecular flexibility index (Phi) is 10.9. The van der Waals surface area contributed by atoms with E-state index in [9.17, 15) is 20.2 Å². The van der Waals surface area contributed by atoms with Crippen molar-refractivity contribution >= 4 is 22.7 Å². The number of piperidine rings is 1. The molecule has 0 atom stereocenters. The van der Waals surface area contributed by atoms with E-state index in [4.69, 9.17) is 0 Å². The van der Waals surface area contributed by atoms with Crippen molar-refractivity contribution < 1.29 is 9.85 Å². The second-order valence-corrected chi connectivity index (χ2v) is 6.39. The number of nitro groups is 2. The van der Waals surface area contributed by atoms with E-state index in [1.54, 1.807) is 24.3 Å². The fraction of sp³-hybridized carbons (Fsp3) is 0.455. The minimum atomic E-state index is -0.405. The van der Waals surface area contributed by atoms with Gasteiger partial charge < -0.3 is 10.2 Å². The molecule has 30 heavy (non-hydrogen) atoms. The van der Waals surface area contributed by atoms with Crippen molar-refractivity contribution in [2.45, 2.75) is 40.5 Å². The molecule has 164 valence electrons. The van der Waals surface area contributed by atoms with E-state index in [1.807, 2.05) is 27.7 Å². The predicted octanol–water partition coefficient (Wildman–Crippen LogP) is 5.88. The summed E-state index contributed by atoms with van der Waals surface area (Å²) in [5.41, 5.74) is 2.09. The number of rotatable bonds is 6. The summed E-state index contributed by atoms with van der Waals surface area (Å²) in [5, 5.41) is 24.7. The molecule has 0 saturated carbocycles. The van der Waals surface area contributed by atoms with Gasteiger partial charge in [-0.2, -0.15) is 0 Å². The van der Waals surface area contributed by atoms with Crippen LogP contribution < -0.4 is 10.2 Å². The molecule has 0 aromatic heterocycles. The van der Waals surface area contributed by atoms with Crippen molar-refractivity contribution in [3.05, 3.63) is 68.8 Å². The summed E-state index contributed by atoms with van der Waals surface area (Å²) in [5.74, 6) is 0.527. The number of nitrogens with one attached hydrogen (secondary N) is 1. The van der Waals surface area contributed by atoms with Crippen LogP contribution in [0.3, 0.4) is 0 Å². The Morgan fingerprint density at radius 1 is 0.833 bits per heavy atom. The van der Waals surface area contributed by atoms with Crippen molar-refractivity contribution in [1.82, 2.24) is 0 Å². The fourth-order valence-electron chi connectivity index (χ4n) is 3.14. The molecule has 1 aliphatic heterocycles. The summed E-state index contributed by atoms with van der Waals surface area (Å²) in [7, 11) is 0. The highest BCUT2D eigenvalue weighted by Gasteiger charge is 2.20. The van der Waals surface area contributed by atoms with Crippen LogP contribution in [0, 0.1) is 26.1 Å². The van der Waals surface area contributed by atoms with Gasteiger partial charge in [0.25, 0.3) is 11.4 Å². The average Bonchev–Trinajstić information content (AvgIpc) is 2.81. The Morgan fingerprint density at radius 2 is 1.27 bits per heavy atom. The van der Waals surface area contributed by atoms with Crippen LogP contribution >= 0.6 is 0 Å². The van der Waals surface area contributed by atoms with Gasteiger partial charge in [0.15, 0.2) is 0 Å². The van der Waals surface area contributed by atoms with Gasteiger partial charge in [-0.3, -0.25) is 20.2 Å². The van der Waals surface area contributed by atoms with Crippen molar-refractivity contribution in [2.24, 2.45) is 5.92 Å². The zero-order valence-electron chi connectivity index (χ0n) is 18.2. The highest BCUT2D eigenvalue weighted by atomic mass is 16.6. The fourth-order valence-corrected chi connectivity index (χ4v) is 3.14. The molecule has 2 aromatic carbocycles. The Balaban J connectivity index is 0.00000106. The van der Waals surface area contributed by atoms with Gasteiger partial charge in [-0.15, -0.1) is 0 Å². The quantitative estimate of drug-likeness (QED) is 0.466. The lowest BCUT2D eigenvalue weighted by Gasteiger charge is -2.33. The van der Waals surface area contributed by atoms with Gasteiger partial charge in [0.2, 0.25) is 0 Å². The van der Waals surface area contributed by atoms with Gasteiger partial charge in [0.05, 0.1) is 9.85 Å².